The van der Waals surface area contributed by atoms with Gasteiger partial charge in [0.15, 0.2) is 0 Å². The second-order valence-electron chi connectivity index (χ2n) is 4.76. The highest BCUT2D eigenvalue weighted by molar-refractivity contribution is 5.76. The topological polar surface area (TPSA) is 76.4 Å². The van der Waals surface area contributed by atoms with E-state index in [0.717, 1.165) is 0 Å². The monoisotopic (exact) mass is 267 g/mol. The Morgan fingerprint density at radius 2 is 2.00 bits per heavy atom. The summed E-state index contributed by atoms with van der Waals surface area (Å²) < 4.78 is 5.56. The smallest absolute Gasteiger partial charge is 0.315 e. The molecule has 0 amide bonds. The average molecular weight is 267 g/mol. The van der Waals surface area contributed by atoms with Gasteiger partial charge >= 0.3 is 5.69 Å². The van der Waals surface area contributed by atoms with Gasteiger partial charge in [0.25, 0.3) is 0 Å². The van der Waals surface area contributed by atoms with Crippen LogP contribution < -0.4 is 10.6 Å². The molecule has 0 aliphatic heterocycles. The van der Waals surface area contributed by atoms with Crippen molar-refractivity contribution in [3.8, 4) is 0 Å². The van der Waals surface area contributed by atoms with Crippen molar-refractivity contribution in [2.45, 2.75) is 26.4 Å². The molecule has 1 aromatic carbocycles. The lowest BCUT2D eigenvalue weighted by atomic mass is 10.1. The number of nitrogens with one attached hydrogen (secondary N) is 2. The molecule has 0 radical (unpaired) electrons. The van der Waals surface area contributed by atoms with E-state index in [9.17, 15) is 10.1 Å². The van der Waals surface area contributed by atoms with Gasteiger partial charge in [0.2, 0.25) is 0 Å². The van der Waals surface area contributed by atoms with Crippen molar-refractivity contribution in [3.63, 3.8) is 0 Å². The molecule has 0 fully saturated rings. The van der Waals surface area contributed by atoms with Gasteiger partial charge < -0.3 is 15.4 Å². The Morgan fingerprint density at radius 3 is 2.53 bits per heavy atom. The number of benzene rings is 1. The summed E-state index contributed by atoms with van der Waals surface area (Å²) in [6, 6.07) is 5.15. The largest absolute Gasteiger partial charge is 0.382 e. The summed E-state index contributed by atoms with van der Waals surface area (Å²) in [5, 5.41) is 17.1. The van der Waals surface area contributed by atoms with Gasteiger partial charge in [-0.05, 0) is 32.9 Å². The molecule has 0 aliphatic carbocycles. The SMILES string of the molecule is CCOC(C)(C)CNc1cccc(NC)c1[N+](=O)[O-]. The summed E-state index contributed by atoms with van der Waals surface area (Å²) in [4.78, 5) is 10.8. The van der Waals surface area contributed by atoms with Crippen LogP contribution in [0.1, 0.15) is 20.8 Å². The highest BCUT2D eigenvalue weighted by atomic mass is 16.6. The molecular formula is C13H21N3O3. The predicted octanol–water partition coefficient (Wildman–Crippen LogP) is 2.86. The van der Waals surface area contributed by atoms with E-state index in [1.165, 1.54) is 0 Å². The fraction of sp³-hybridized carbons (Fsp3) is 0.538. The number of nitrogens with zero attached hydrogens (tertiary/aromatic N) is 1. The number of nitro benzene ring substituents is 1. The minimum Gasteiger partial charge on any atom is -0.382 e. The zero-order chi connectivity index (χ0) is 14.5. The van der Waals surface area contributed by atoms with Gasteiger partial charge in [-0.25, -0.2) is 0 Å². The van der Waals surface area contributed by atoms with Crippen molar-refractivity contribution in [1.29, 1.82) is 0 Å². The lowest BCUT2D eigenvalue weighted by Crippen LogP contribution is -2.33. The first kappa shape index (κ1) is 15.2. The first-order valence-electron chi connectivity index (χ1n) is 6.24. The van der Waals surface area contributed by atoms with Crippen molar-refractivity contribution >= 4 is 17.1 Å². The van der Waals surface area contributed by atoms with Crippen LogP contribution in [0.5, 0.6) is 0 Å². The number of anilines is 2. The molecule has 0 bridgehead atoms. The number of nitro groups is 1. The molecule has 0 unspecified atom stereocenters. The maximum absolute atomic E-state index is 11.1. The maximum Gasteiger partial charge on any atom is 0.315 e. The molecule has 106 valence electrons. The van der Waals surface area contributed by atoms with Crippen LogP contribution in [-0.2, 0) is 4.74 Å². The van der Waals surface area contributed by atoms with Gasteiger partial charge in [0, 0.05) is 20.2 Å². The summed E-state index contributed by atoms with van der Waals surface area (Å²) in [5.41, 5.74) is 0.657. The molecule has 0 aromatic heterocycles. The third-order valence-electron chi connectivity index (χ3n) is 2.73. The quantitative estimate of drug-likeness (QED) is 0.587. The molecule has 19 heavy (non-hydrogen) atoms. The standard InChI is InChI=1S/C13H21N3O3/c1-5-19-13(2,3)9-15-11-8-6-7-10(14-4)12(11)16(17)18/h6-8,14-15H,5,9H2,1-4H3. The van der Waals surface area contributed by atoms with Crippen molar-refractivity contribution in [2.24, 2.45) is 0 Å². The highest BCUT2D eigenvalue weighted by Gasteiger charge is 2.22. The molecular weight excluding hydrogens is 246 g/mol. The Balaban J connectivity index is 2.92. The van der Waals surface area contributed by atoms with Gasteiger partial charge in [-0.2, -0.15) is 0 Å². The Kier molecular flexibility index (Phi) is 5.11. The van der Waals surface area contributed by atoms with Gasteiger partial charge in [-0.3, -0.25) is 10.1 Å². The van der Waals surface area contributed by atoms with Gasteiger partial charge in [0.1, 0.15) is 11.4 Å². The lowest BCUT2D eigenvalue weighted by Gasteiger charge is -2.25. The van der Waals surface area contributed by atoms with Crippen LogP contribution in [0.3, 0.4) is 0 Å². The van der Waals surface area contributed by atoms with Crippen LogP contribution in [0.4, 0.5) is 17.1 Å². The normalized spacial score (nSPS) is 11.2. The number of para-hydroxylation sites is 1. The molecule has 1 aromatic rings. The second-order valence-corrected chi connectivity index (χ2v) is 4.76. The second kappa shape index (κ2) is 6.38. The lowest BCUT2D eigenvalue weighted by molar-refractivity contribution is -0.383. The van der Waals surface area contributed by atoms with E-state index < -0.39 is 0 Å². The molecule has 6 heteroatoms. The number of hydrogen-bond donors (Lipinski definition) is 2. The maximum atomic E-state index is 11.1. The van der Waals surface area contributed by atoms with Crippen LogP contribution in [0.15, 0.2) is 18.2 Å². The van der Waals surface area contributed by atoms with E-state index in [-0.39, 0.29) is 16.2 Å². The molecule has 0 aliphatic rings. The number of rotatable bonds is 7. The van der Waals surface area contributed by atoms with E-state index in [0.29, 0.717) is 24.5 Å². The Hall–Kier alpha value is -1.82. The van der Waals surface area contributed by atoms with Gasteiger partial charge in [0.05, 0.1) is 10.5 Å². The average Bonchev–Trinajstić information content (AvgIpc) is 2.35. The van der Waals surface area contributed by atoms with Crippen LogP contribution in [0, 0.1) is 10.1 Å². The summed E-state index contributed by atoms with van der Waals surface area (Å²) >= 11 is 0. The highest BCUT2D eigenvalue weighted by Crippen LogP contribution is 2.32. The molecule has 6 nitrogen and oxygen atoms in total. The Bertz CT molecular complexity index is 447. The Labute approximate surface area is 113 Å². The molecule has 0 heterocycles. The van der Waals surface area contributed by atoms with Crippen molar-refractivity contribution in [3.05, 3.63) is 28.3 Å². The van der Waals surface area contributed by atoms with Crippen molar-refractivity contribution in [1.82, 2.24) is 0 Å². The third-order valence-corrected chi connectivity index (χ3v) is 2.73. The number of ether oxygens (including phenoxy) is 1. The minimum absolute atomic E-state index is 0.0531. The molecule has 2 N–H and O–H groups in total. The first-order valence-corrected chi connectivity index (χ1v) is 6.24. The third kappa shape index (κ3) is 4.10. The van der Waals surface area contributed by atoms with E-state index in [2.05, 4.69) is 10.6 Å². The van der Waals surface area contributed by atoms with Gasteiger partial charge in [-0.1, -0.05) is 6.07 Å². The number of hydrogen-bond acceptors (Lipinski definition) is 5. The zero-order valence-corrected chi connectivity index (χ0v) is 11.8. The summed E-state index contributed by atoms with van der Waals surface area (Å²) in [6.45, 7) is 6.91. The predicted molar refractivity (Wildman–Crippen MR) is 76.8 cm³/mol. The van der Waals surface area contributed by atoms with Crippen molar-refractivity contribution in [2.75, 3.05) is 30.8 Å². The molecule has 0 spiro atoms. The van der Waals surface area contributed by atoms with E-state index in [1.54, 1.807) is 25.2 Å². The fourth-order valence-electron chi connectivity index (χ4n) is 1.83. The molecule has 0 atom stereocenters. The van der Waals surface area contributed by atoms with Crippen LogP contribution in [-0.4, -0.2) is 30.7 Å². The first-order chi connectivity index (χ1) is 8.91. The fourth-order valence-corrected chi connectivity index (χ4v) is 1.83. The molecule has 0 saturated carbocycles. The van der Waals surface area contributed by atoms with Crippen LogP contribution in [0.2, 0.25) is 0 Å². The summed E-state index contributed by atoms with van der Waals surface area (Å²) in [5.74, 6) is 0. The van der Waals surface area contributed by atoms with E-state index in [1.807, 2.05) is 20.8 Å². The van der Waals surface area contributed by atoms with Crippen LogP contribution >= 0.6 is 0 Å². The van der Waals surface area contributed by atoms with Crippen molar-refractivity contribution < 1.29 is 9.66 Å². The van der Waals surface area contributed by atoms with Gasteiger partial charge in [-0.15, -0.1) is 0 Å². The molecule has 0 saturated heterocycles. The zero-order valence-electron chi connectivity index (χ0n) is 11.8. The molecule has 1 rings (SSSR count). The van der Waals surface area contributed by atoms with Crippen LogP contribution in [0.25, 0.3) is 0 Å². The Morgan fingerprint density at radius 1 is 1.37 bits per heavy atom. The minimum atomic E-state index is -0.387. The summed E-state index contributed by atoms with van der Waals surface area (Å²) in [6.07, 6.45) is 0. The van der Waals surface area contributed by atoms with E-state index in [4.69, 9.17) is 4.74 Å². The summed E-state index contributed by atoms with van der Waals surface area (Å²) in [7, 11) is 1.66. The van der Waals surface area contributed by atoms with E-state index >= 15 is 0 Å².